The lowest BCUT2D eigenvalue weighted by atomic mass is 10.1. The van der Waals surface area contributed by atoms with Crippen molar-refractivity contribution in [3.8, 4) is 0 Å². The van der Waals surface area contributed by atoms with Crippen LogP contribution in [-0.2, 0) is 0 Å². The number of ketones is 1. The number of carbonyl (C=O) groups excluding carboxylic acids is 1. The van der Waals surface area contributed by atoms with E-state index in [1.54, 1.807) is 13.0 Å². The van der Waals surface area contributed by atoms with Crippen molar-refractivity contribution in [2.75, 3.05) is 0 Å². The summed E-state index contributed by atoms with van der Waals surface area (Å²) in [7, 11) is 0. The molecule has 0 saturated heterocycles. The third-order valence-corrected chi connectivity index (χ3v) is 2.72. The van der Waals surface area contributed by atoms with Gasteiger partial charge in [0.2, 0.25) is 5.78 Å². The molecule has 0 amide bonds. The molecule has 0 aliphatic carbocycles. The third kappa shape index (κ3) is 1.42. The Kier molecular flexibility index (Phi) is 2.02. The monoisotopic (exact) mass is 192 g/mol. The van der Waals surface area contributed by atoms with E-state index in [1.807, 2.05) is 17.5 Å². The zero-order valence-corrected chi connectivity index (χ0v) is 7.93. The molecule has 0 aliphatic heterocycles. The molecule has 0 aliphatic rings. The Morgan fingerprint density at radius 3 is 2.85 bits per heavy atom. The van der Waals surface area contributed by atoms with Crippen molar-refractivity contribution in [2.24, 2.45) is 0 Å². The highest BCUT2D eigenvalue weighted by Crippen LogP contribution is 2.18. The fourth-order valence-electron chi connectivity index (χ4n) is 1.16. The molecular weight excluding hydrogens is 184 g/mol. The van der Waals surface area contributed by atoms with Crippen molar-refractivity contribution >= 4 is 17.1 Å². The number of hydrogen-bond donors (Lipinski definition) is 0. The minimum atomic E-state index is 0.0428. The van der Waals surface area contributed by atoms with Gasteiger partial charge in [0.15, 0.2) is 0 Å². The van der Waals surface area contributed by atoms with Gasteiger partial charge in [-0.1, -0.05) is 6.07 Å². The van der Waals surface area contributed by atoms with Gasteiger partial charge in [0.1, 0.15) is 5.76 Å². The lowest BCUT2D eigenvalue weighted by molar-refractivity contribution is 0.104. The van der Waals surface area contributed by atoms with Gasteiger partial charge in [-0.05, 0) is 24.4 Å². The van der Waals surface area contributed by atoms with Crippen LogP contribution in [0.5, 0.6) is 0 Å². The molecule has 0 saturated carbocycles. The van der Waals surface area contributed by atoms with Gasteiger partial charge in [-0.2, -0.15) is 0 Å². The smallest absolute Gasteiger partial charge is 0.206 e. The van der Waals surface area contributed by atoms with Crippen LogP contribution < -0.4 is 0 Å². The van der Waals surface area contributed by atoms with Gasteiger partial charge in [0.25, 0.3) is 0 Å². The molecule has 0 unspecified atom stereocenters. The first-order chi connectivity index (χ1) is 6.29. The van der Waals surface area contributed by atoms with E-state index in [0.717, 1.165) is 4.88 Å². The van der Waals surface area contributed by atoms with E-state index in [4.69, 9.17) is 4.42 Å². The van der Waals surface area contributed by atoms with Crippen LogP contribution in [0.1, 0.15) is 21.0 Å². The summed E-state index contributed by atoms with van der Waals surface area (Å²) in [4.78, 5) is 12.5. The molecule has 2 nitrogen and oxygen atoms in total. The second-order valence-corrected chi connectivity index (χ2v) is 3.64. The summed E-state index contributed by atoms with van der Waals surface area (Å²) in [5, 5.41) is 1.89. The van der Waals surface area contributed by atoms with Crippen LogP contribution in [0.25, 0.3) is 0 Å². The number of carbonyl (C=O) groups is 1. The molecule has 2 aromatic rings. The molecule has 66 valence electrons. The maximum atomic E-state index is 11.7. The Balaban J connectivity index is 2.39. The topological polar surface area (TPSA) is 30.2 Å². The maximum Gasteiger partial charge on any atom is 0.206 e. The van der Waals surface area contributed by atoms with Crippen molar-refractivity contribution in [3.05, 3.63) is 46.0 Å². The first kappa shape index (κ1) is 8.26. The van der Waals surface area contributed by atoms with E-state index in [0.29, 0.717) is 11.3 Å². The van der Waals surface area contributed by atoms with Gasteiger partial charge in [-0.3, -0.25) is 4.79 Å². The number of aryl methyl sites for hydroxylation is 1. The number of rotatable bonds is 2. The Hall–Kier alpha value is -1.35. The Labute approximate surface area is 79.8 Å². The van der Waals surface area contributed by atoms with Crippen LogP contribution in [0.3, 0.4) is 0 Å². The van der Waals surface area contributed by atoms with E-state index in [-0.39, 0.29) is 5.78 Å². The lowest BCUT2D eigenvalue weighted by Crippen LogP contribution is -1.97. The van der Waals surface area contributed by atoms with Crippen LogP contribution in [-0.4, -0.2) is 5.78 Å². The summed E-state index contributed by atoms with van der Waals surface area (Å²) < 4.78 is 5.07. The molecular formula is C10H8O2S. The minimum Gasteiger partial charge on any atom is -0.469 e. The second-order valence-electron chi connectivity index (χ2n) is 2.70. The number of thiophene rings is 1. The van der Waals surface area contributed by atoms with Gasteiger partial charge in [0.05, 0.1) is 16.7 Å². The van der Waals surface area contributed by atoms with Crippen molar-refractivity contribution in [3.63, 3.8) is 0 Å². The molecule has 13 heavy (non-hydrogen) atoms. The Morgan fingerprint density at radius 1 is 1.46 bits per heavy atom. The first-order valence-electron chi connectivity index (χ1n) is 3.91. The van der Waals surface area contributed by atoms with E-state index in [1.165, 1.54) is 17.6 Å². The van der Waals surface area contributed by atoms with E-state index in [2.05, 4.69) is 0 Å². The van der Waals surface area contributed by atoms with Gasteiger partial charge in [0, 0.05) is 0 Å². The van der Waals surface area contributed by atoms with Crippen LogP contribution in [0.15, 0.2) is 34.3 Å². The number of hydrogen-bond acceptors (Lipinski definition) is 3. The molecule has 0 N–H and O–H groups in total. The molecule has 0 radical (unpaired) electrons. The predicted octanol–water partition coefficient (Wildman–Crippen LogP) is 2.88. The maximum absolute atomic E-state index is 11.7. The molecule has 3 heteroatoms. The largest absolute Gasteiger partial charge is 0.469 e. The van der Waals surface area contributed by atoms with Gasteiger partial charge < -0.3 is 4.42 Å². The Morgan fingerprint density at radius 2 is 2.31 bits per heavy atom. The van der Waals surface area contributed by atoms with Gasteiger partial charge >= 0.3 is 0 Å². The predicted molar refractivity (Wildman–Crippen MR) is 51.2 cm³/mol. The first-order valence-corrected chi connectivity index (χ1v) is 4.79. The molecule has 2 aromatic heterocycles. The molecule has 0 fully saturated rings. The molecule has 0 spiro atoms. The highest BCUT2D eigenvalue weighted by atomic mass is 32.1. The normalized spacial score (nSPS) is 10.2. The minimum absolute atomic E-state index is 0.0428. The summed E-state index contributed by atoms with van der Waals surface area (Å²) in [6.45, 7) is 1.79. The number of furan rings is 1. The summed E-state index contributed by atoms with van der Waals surface area (Å²) >= 11 is 1.45. The standard InChI is InChI=1S/C10H8O2S/c1-7-8(4-5-12-7)10(11)9-3-2-6-13-9/h2-6H,1H3. The van der Waals surface area contributed by atoms with Crippen LogP contribution >= 0.6 is 11.3 Å². The summed E-state index contributed by atoms with van der Waals surface area (Å²) in [6, 6.07) is 5.39. The molecule has 0 atom stereocenters. The lowest BCUT2D eigenvalue weighted by Gasteiger charge is -1.93. The fraction of sp³-hybridized carbons (Fsp3) is 0.100. The highest BCUT2D eigenvalue weighted by Gasteiger charge is 2.13. The summed E-state index contributed by atoms with van der Waals surface area (Å²) in [5.74, 6) is 0.722. The molecule has 2 heterocycles. The molecule has 2 rings (SSSR count). The van der Waals surface area contributed by atoms with E-state index >= 15 is 0 Å². The quantitative estimate of drug-likeness (QED) is 0.685. The van der Waals surface area contributed by atoms with Gasteiger partial charge in [-0.15, -0.1) is 11.3 Å². The van der Waals surface area contributed by atoms with E-state index < -0.39 is 0 Å². The second kappa shape index (κ2) is 3.18. The van der Waals surface area contributed by atoms with Crippen molar-refractivity contribution in [2.45, 2.75) is 6.92 Å². The fourth-order valence-corrected chi connectivity index (χ4v) is 1.84. The zero-order chi connectivity index (χ0) is 9.26. The van der Waals surface area contributed by atoms with Crippen LogP contribution in [0, 0.1) is 6.92 Å². The van der Waals surface area contributed by atoms with Crippen LogP contribution in [0.4, 0.5) is 0 Å². The average molecular weight is 192 g/mol. The van der Waals surface area contributed by atoms with Crippen molar-refractivity contribution < 1.29 is 9.21 Å². The third-order valence-electron chi connectivity index (χ3n) is 1.85. The van der Waals surface area contributed by atoms with Crippen molar-refractivity contribution in [1.82, 2.24) is 0 Å². The SMILES string of the molecule is Cc1occc1C(=O)c1cccs1. The average Bonchev–Trinajstić information content (AvgIpc) is 2.72. The zero-order valence-electron chi connectivity index (χ0n) is 7.11. The van der Waals surface area contributed by atoms with Crippen molar-refractivity contribution in [1.29, 1.82) is 0 Å². The van der Waals surface area contributed by atoms with E-state index in [9.17, 15) is 4.79 Å². The van der Waals surface area contributed by atoms with Crippen LogP contribution in [0.2, 0.25) is 0 Å². The highest BCUT2D eigenvalue weighted by molar-refractivity contribution is 7.12. The summed E-state index contributed by atoms with van der Waals surface area (Å²) in [6.07, 6.45) is 1.54. The Bertz CT molecular complexity index is 412. The van der Waals surface area contributed by atoms with Gasteiger partial charge in [-0.25, -0.2) is 0 Å². The molecule has 0 aromatic carbocycles. The summed E-state index contributed by atoms with van der Waals surface area (Å²) in [5.41, 5.74) is 0.655. The molecule has 0 bridgehead atoms.